The van der Waals surface area contributed by atoms with E-state index in [1.165, 1.54) is 0 Å². The zero-order chi connectivity index (χ0) is 11.4. The number of benzene rings is 1. The molecule has 0 radical (unpaired) electrons. The summed E-state index contributed by atoms with van der Waals surface area (Å²) in [5.41, 5.74) is 7.14. The van der Waals surface area contributed by atoms with Crippen LogP contribution in [0, 0.1) is 0 Å². The number of nitrogens with zero attached hydrogens (tertiary/aromatic N) is 1. The third kappa shape index (κ3) is 2.23. The number of para-hydroxylation sites is 2. The van der Waals surface area contributed by atoms with E-state index < -0.39 is 0 Å². The van der Waals surface area contributed by atoms with Crippen molar-refractivity contribution in [3.8, 4) is 11.5 Å². The van der Waals surface area contributed by atoms with E-state index in [2.05, 4.69) is 4.98 Å². The summed E-state index contributed by atoms with van der Waals surface area (Å²) in [6.07, 6.45) is 3.23. The monoisotopic (exact) mass is 216 g/mol. The lowest BCUT2D eigenvalue weighted by Gasteiger charge is -2.08. The number of pyridine rings is 1. The van der Waals surface area contributed by atoms with Crippen molar-refractivity contribution in [1.82, 2.24) is 4.98 Å². The zero-order valence-corrected chi connectivity index (χ0v) is 8.63. The van der Waals surface area contributed by atoms with Crippen molar-refractivity contribution in [1.29, 1.82) is 0 Å². The van der Waals surface area contributed by atoms with Gasteiger partial charge in [0.2, 0.25) is 0 Å². The molecule has 0 aliphatic carbocycles. The van der Waals surface area contributed by atoms with E-state index in [9.17, 15) is 5.11 Å². The molecule has 0 aliphatic rings. The van der Waals surface area contributed by atoms with Crippen LogP contribution in [0.25, 0.3) is 0 Å². The van der Waals surface area contributed by atoms with Gasteiger partial charge in [-0.2, -0.15) is 0 Å². The molecule has 1 heterocycles. The van der Waals surface area contributed by atoms with Crippen molar-refractivity contribution in [2.24, 2.45) is 0 Å². The summed E-state index contributed by atoms with van der Waals surface area (Å²) in [6, 6.07) is 8.60. The van der Waals surface area contributed by atoms with Gasteiger partial charge in [-0.3, -0.25) is 4.98 Å². The van der Waals surface area contributed by atoms with Gasteiger partial charge in [0.1, 0.15) is 6.61 Å². The van der Waals surface area contributed by atoms with Crippen molar-refractivity contribution in [2.45, 2.75) is 6.61 Å². The zero-order valence-electron chi connectivity index (χ0n) is 8.63. The lowest BCUT2D eigenvalue weighted by atomic mass is 10.2. The molecule has 0 amide bonds. The molecule has 4 nitrogen and oxygen atoms in total. The highest BCUT2D eigenvalue weighted by atomic mass is 16.5. The van der Waals surface area contributed by atoms with Gasteiger partial charge in [0, 0.05) is 11.8 Å². The van der Waals surface area contributed by atoms with Gasteiger partial charge < -0.3 is 15.6 Å². The third-order valence-electron chi connectivity index (χ3n) is 2.19. The van der Waals surface area contributed by atoms with Gasteiger partial charge in [0.15, 0.2) is 11.5 Å². The molecule has 16 heavy (non-hydrogen) atoms. The molecule has 4 heteroatoms. The van der Waals surface area contributed by atoms with Crippen molar-refractivity contribution in [3.05, 3.63) is 48.3 Å². The molecule has 0 fully saturated rings. The Morgan fingerprint density at radius 3 is 2.81 bits per heavy atom. The highest BCUT2D eigenvalue weighted by molar-refractivity contribution is 5.44. The van der Waals surface area contributed by atoms with E-state index in [4.69, 9.17) is 10.5 Å². The minimum absolute atomic E-state index is 0.120. The summed E-state index contributed by atoms with van der Waals surface area (Å²) >= 11 is 0. The number of hydrogen-bond acceptors (Lipinski definition) is 4. The second-order valence-electron chi connectivity index (χ2n) is 3.33. The Morgan fingerprint density at radius 1 is 1.25 bits per heavy atom. The number of aromatic nitrogens is 1. The number of anilines is 1. The van der Waals surface area contributed by atoms with Gasteiger partial charge in [-0.1, -0.05) is 12.1 Å². The largest absolute Gasteiger partial charge is 0.504 e. The van der Waals surface area contributed by atoms with E-state index >= 15 is 0 Å². The first kappa shape index (κ1) is 10.3. The number of phenols is 1. The molecule has 3 N–H and O–H groups in total. The molecule has 82 valence electrons. The maximum Gasteiger partial charge on any atom is 0.161 e. The molecule has 0 aliphatic heterocycles. The molecule has 0 saturated heterocycles. The molecule has 0 bridgehead atoms. The Hall–Kier alpha value is -2.23. The van der Waals surface area contributed by atoms with Gasteiger partial charge in [-0.15, -0.1) is 0 Å². The number of aromatic hydroxyl groups is 1. The molecular weight excluding hydrogens is 204 g/mol. The van der Waals surface area contributed by atoms with Crippen LogP contribution in [0.1, 0.15) is 5.56 Å². The predicted octanol–water partition coefficient (Wildman–Crippen LogP) is 1.95. The lowest BCUT2D eigenvalue weighted by Crippen LogP contribution is -2.00. The van der Waals surface area contributed by atoms with E-state index in [0.717, 1.165) is 5.56 Å². The van der Waals surface area contributed by atoms with Crippen molar-refractivity contribution >= 4 is 5.69 Å². The Morgan fingerprint density at radius 2 is 2.06 bits per heavy atom. The highest BCUT2D eigenvalue weighted by Crippen LogP contribution is 2.25. The Balaban J connectivity index is 2.09. The van der Waals surface area contributed by atoms with Crippen LogP contribution in [0.5, 0.6) is 11.5 Å². The molecule has 0 saturated carbocycles. The summed E-state index contributed by atoms with van der Waals surface area (Å²) in [5.74, 6) is 0.564. The van der Waals surface area contributed by atoms with E-state index in [-0.39, 0.29) is 5.75 Å². The van der Waals surface area contributed by atoms with Crippen LogP contribution in [0.4, 0.5) is 5.69 Å². The summed E-state index contributed by atoms with van der Waals surface area (Å²) in [6.45, 7) is 0.311. The van der Waals surface area contributed by atoms with Crippen LogP contribution < -0.4 is 10.5 Å². The van der Waals surface area contributed by atoms with Gasteiger partial charge in [0.05, 0.1) is 11.9 Å². The average Bonchev–Trinajstić information content (AvgIpc) is 2.30. The number of ether oxygens (including phenoxy) is 1. The SMILES string of the molecule is Nc1cnccc1COc1ccccc1O. The van der Waals surface area contributed by atoms with Crippen molar-refractivity contribution < 1.29 is 9.84 Å². The van der Waals surface area contributed by atoms with Crippen LogP contribution in [0.15, 0.2) is 42.7 Å². The first-order chi connectivity index (χ1) is 7.77. The van der Waals surface area contributed by atoms with Crippen LogP contribution in [0.3, 0.4) is 0 Å². The molecule has 1 aromatic carbocycles. The van der Waals surface area contributed by atoms with E-state index in [1.807, 2.05) is 0 Å². The Labute approximate surface area is 93.3 Å². The number of rotatable bonds is 3. The van der Waals surface area contributed by atoms with Gasteiger partial charge in [-0.05, 0) is 18.2 Å². The first-order valence-electron chi connectivity index (χ1n) is 4.86. The minimum Gasteiger partial charge on any atom is -0.504 e. The second kappa shape index (κ2) is 4.53. The molecule has 2 rings (SSSR count). The Kier molecular flexibility index (Phi) is 2.91. The topological polar surface area (TPSA) is 68.4 Å². The normalized spacial score (nSPS) is 10.0. The quantitative estimate of drug-likeness (QED) is 0.822. The van der Waals surface area contributed by atoms with Gasteiger partial charge in [0.25, 0.3) is 0 Å². The van der Waals surface area contributed by atoms with E-state index in [1.54, 1.807) is 42.7 Å². The molecular formula is C12H12N2O2. The molecule has 0 unspecified atom stereocenters. The summed E-state index contributed by atoms with van der Waals surface area (Å²) in [5, 5.41) is 9.49. The van der Waals surface area contributed by atoms with Crippen LogP contribution in [-0.2, 0) is 6.61 Å². The van der Waals surface area contributed by atoms with Crippen LogP contribution in [-0.4, -0.2) is 10.1 Å². The summed E-state index contributed by atoms with van der Waals surface area (Å²) < 4.78 is 5.45. The van der Waals surface area contributed by atoms with Gasteiger partial charge in [-0.25, -0.2) is 0 Å². The smallest absolute Gasteiger partial charge is 0.161 e. The maximum atomic E-state index is 9.49. The molecule has 2 aromatic rings. The van der Waals surface area contributed by atoms with Gasteiger partial charge >= 0.3 is 0 Å². The number of nitrogen functional groups attached to an aromatic ring is 1. The Bertz CT molecular complexity index is 440. The van der Waals surface area contributed by atoms with Crippen LogP contribution in [0.2, 0.25) is 0 Å². The predicted molar refractivity (Wildman–Crippen MR) is 61.1 cm³/mol. The van der Waals surface area contributed by atoms with Crippen LogP contribution >= 0.6 is 0 Å². The van der Waals surface area contributed by atoms with Crippen molar-refractivity contribution in [3.63, 3.8) is 0 Å². The van der Waals surface area contributed by atoms with Crippen molar-refractivity contribution in [2.75, 3.05) is 5.73 Å². The molecule has 0 atom stereocenters. The second-order valence-corrected chi connectivity index (χ2v) is 3.33. The first-order valence-corrected chi connectivity index (χ1v) is 4.86. The average molecular weight is 216 g/mol. The molecule has 0 spiro atoms. The fraction of sp³-hybridized carbons (Fsp3) is 0.0833. The third-order valence-corrected chi connectivity index (χ3v) is 2.19. The van der Waals surface area contributed by atoms with E-state index in [0.29, 0.717) is 18.0 Å². The fourth-order valence-electron chi connectivity index (χ4n) is 1.30. The highest BCUT2D eigenvalue weighted by Gasteiger charge is 2.03. The summed E-state index contributed by atoms with van der Waals surface area (Å²) in [4.78, 5) is 3.89. The molecule has 1 aromatic heterocycles. The summed E-state index contributed by atoms with van der Waals surface area (Å²) in [7, 11) is 0. The number of nitrogens with two attached hydrogens (primary N) is 1. The maximum absolute atomic E-state index is 9.49. The number of phenolic OH excluding ortho intramolecular Hbond substituents is 1. The minimum atomic E-state index is 0.120. The standard InChI is InChI=1S/C12H12N2O2/c13-10-7-14-6-5-9(10)8-16-12-4-2-1-3-11(12)15/h1-7,15H,8,13H2. The fourth-order valence-corrected chi connectivity index (χ4v) is 1.30. The number of hydrogen-bond donors (Lipinski definition) is 2. The lowest BCUT2D eigenvalue weighted by molar-refractivity contribution is 0.289.